The van der Waals surface area contributed by atoms with Gasteiger partial charge in [-0.15, -0.1) is 0 Å². The zero-order valence-corrected chi connectivity index (χ0v) is 19.9. The number of para-hydroxylation sites is 1. The number of carbonyl (C=O) groups excluding carboxylic acids is 1. The molecule has 0 radical (unpaired) electrons. The van der Waals surface area contributed by atoms with Crippen LogP contribution in [-0.2, 0) is 17.6 Å². The van der Waals surface area contributed by atoms with E-state index in [1.807, 2.05) is 36.4 Å². The molecule has 3 aromatic rings. The molecule has 4 nitrogen and oxygen atoms in total. The van der Waals surface area contributed by atoms with E-state index >= 15 is 0 Å². The molecule has 3 heterocycles. The molecule has 1 amide bonds. The molecule has 3 fully saturated rings. The molecule has 0 saturated carbocycles. The summed E-state index contributed by atoms with van der Waals surface area (Å²) < 4.78 is 7.16. The minimum atomic E-state index is -0.318. The topological polar surface area (TPSA) is 38.3 Å². The summed E-state index contributed by atoms with van der Waals surface area (Å²) in [7, 11) is 0. The third-order valence-electron chi connectivity index (χ3n) is 7.73. The van der Waals surface area contributed by atoms with Crippen LogP contribution in [-0.4, -0.2) is 42.9 Å². The van der Waals surface area contributed by atoms with Crippen LogP contribution in [0.4, 0.5) is 10.5 Å². The monoisotopic (exact) mass is 455 g/mol. The molecule has 3 aromatic carbocycles. The van der Waals surface area contributed by atoms with E-state index in [4.69, 9.17) is 4.74 Å². The number of carbonyl (C=O) groups is 1. The van der Waals surface area contributed by atoms with Crippen LogP contribution < -0.4 is 5.32 Å². The molecule has 4 heteroatoms. The second kappa shape index (κ2) is 10.4. The maximum Gasteiger partial charge on any atom is 0.412 e. The molecule has 0 unspecified atom stereocenters. The number of amides is 1. The van der Waals surface area contributed by atoms with E-state index < -0.39 is 0 Å². The van der Waals surface area contributed by atoms with Crippen LogP contribution >= 0.6 is 0 Å². The number of ether oxygens (including phenoxy) is 1. The van der Waals surface area contributed by atoms with Gasteiger partial charge in [-0.25, -0.2) is 4.79 Å². The number of nitrogens with one attached hydrogen (secondary N) is 1. The van der Waals surface area contributed by atoms with Crippen molar-refractivity contribution in [2.45, 2.75) is 38.2 Å². The minimum Gasteiger partial charge on any atom is -0.440 e. The molecule has 34 heavy (non-hydrogen) atoms. The Morgan fingerprint density at radius 3 is 2.24 bits per heavy atom. The summed E-state index contributed by atoms with van der Waals surface area (Å²) in [6.07, 6.45) is 5.10. The number of hydrogen-bond donors (Lipinski definition) is 1. The Balaban J connectivity index is 1.18. The molecule has 2 bridgehead atoms. The molecule has 1 atom stereocenters. The van der Waals surface area contributed by atoms with Crippen LogP contribution in [0.15, 0.2) is 84.9 Å². The van der Waals surface area contributed by atoms with Crippen molar-refractivity contribution in [1.29, 1.82) is 0 Å². The van der Waals surface area contributed by atoms with Crippen molar-refractivity contribution in [3.63, 3.8) is 0 Å². The van der Waals surface area contributed by atoms with Crippen LogP contribution in [0.2, 0.25) is 0 Å². The lowest BCUT2D eigenvalue weighted by molar-refractivity contribution is -0.946. The molecule has 6 rings (SSSR count). The lowest BCUT2D eigenvalue weighted by Gasteiger charge is -2.52. The first-order valence-corrected chi connectivity index (χ1v) is 12.7. The lowest BCUT2D eigenvalue weighted by Crippen LogP contribution is -2.64. The summed E-state index contributed by atoms with van der Waals surface area (Å²) in [5.74, 6) is 0.499. The highest BCUT2D eigenvalue weighted by Crippen LogP contribution is 2.36. The highest BCUT2D eigenvalue weighted by Gasteiger charge is 2.47. The third-order valence-corrected chi connectivity index (χ3v) is 7.73. The van der Waals surface area contributed by atoms with Crippen molar-refractivity contribution in [3.8, 4) is 0 Å². The Hall–Kier alpha value is -3.11. The molecular formula is C30H35N2O2+. The number of nitrogens with zero attached hydrogens (tertiary/aromatic N) is 1. The summed E-state index contributed by atoms with van der Waals surface area (Å²) >= 11 is 0. The number of aryl methyl sites for hydroxylation is 1. The van der Waals surface area contributed by atoms with E-state index in [0.29, 0.717) is 5.92 Å². The molecular weight excluding hydrogens is 420 g/mol. The van der Waals surface area contributed by atoms with Crippen LogP contribution in [0.25, 0.3) is 0 Å². The molecule has 0 aliphatic carbocycles. The van der Waals surface area contributed by atoms with Crippen molar-refractivity contribution >= 4 is 11.8 Å². The molecule has 1 N–H and O–H groups in total. The number of hydrogen-bond acceptors (Lipinski definition) is 2. The Kier molecular flexibility index (Phi) is 6.96. The van der Waals surface area contributed by atoms with Crippen molar-refractivity contribution in [1.82, 2.24) is 0 Å². The van der Waals surface area contributed by atoms with Crippen LogP contribution in [0.3, 0.4) is 0 Å². The summed E-state index contributed by atoms with van der Waals surface area (Å²) in [5, 5.41) is 3.05. The fraction of sp³-hybridized carbons (Fsp3) is 0.367. The summed E-state index contributed by atoms with van der Waals surface area (Å²) in [6, 6.07) is 29.1. The van der Waals surface area contributed by atoms with Gasteiger partial charge in [-0.2, -0.15) is 0 Å². The first kappa shape index (κ1) is 22.7. The Labute approximate surface area is 203 Å². The number of rotatable bonds is 8. The predicted molar refractivity (Wildman–Crippen MR) is 137 cm³/mol. The SMILES string of the molecule is O=C(Nc1ccccc1Cc1ccccc1)O[C@H]1C[N+]2(CCCc3ccccc3)CCC1CC2. The summed E-state index contributed by atoms with van der Waals surface area (Å²) in [5.41, 5.74) is 4.58. The average molecular weight is 456 g/mol. The Morgan fingerprint density at radius 2 is 1.50 bits per heavy atom. The zero-order chi connectivity index (χ0) is 23.2. The summed E-state index contributed by atoms with van der Waals surface area (Å²) in [6.45, 7) is 4.57. The largest absolute Gasteiger partial charge is 0.440 e. The minimum absolute atomic E-state index is 0.0144. The highest BCUT2D eigenvalue weighted by atomic mass is 16.6. The first-order chi connectivity index (χ1) is 16.7. The molecule has 3 aliphatic rings. The standard InChI is InChI=1S/C30H34N2O2/c33-30(31-28-16-8-7-15-27(28)22-25-12-5-2-6-13-25)34-29-23-32(20-17-26(29)18-21-32)19-9-14-24-10-3-1-4-11-24/h1-8,10-13,15-16,26,29H,9,14,17-23H2/p+1/t26?,29-,32?/m0/s1. The van der Waals surface area contributed by atoms with E-state index in [0.717, 1.165) is 48.0 Å². The molecule has 3 aliphatic heterocycles. The van der Waals surface area contributed by atoms with Crippen molar-refractivity contribution < 1.29 is 14.0 Å². The van der Waals surface area contributed by atoms with E-state index in [1.54, 1.807) is 0 Å². The maximum atomic E-state index is 12.9. The zero-order valence-electron chi connectivity index (χ0n) is 19.9. The summed E-state index contributed by atoms with van der Waals surface area (Å²) in [4.78, 5) is 12.9. The molecule has 3 saturated heterocycles. The van der Waals surface area contributed by atoms with E-state index in [9.17, 15) is 4.79 Å². The molecule has 0 spiro atoms. The quantitative estimate of drug-likeness (QED) is 0.419. The Bertz CT molecular complexity index is 1080. The Morgan fingerprint density at radius 1 is 0.853 bits per heavy atom. The van der Waals surface area contributed by atoms with Gasteiger partial charge in [0, 0.05) is 30.9 Å². The fourth-order valence-electron chi connectivity index (χ4n) is 5.82. The number of fused-ring (bicyclic) bond motifs is 3. The van der Waals surface area contributed by atoms with Gasteiger partial charge in [-0.05, 0) is 35.6 Å². The van der Waals surface area contributed by atoms with Gasteiger partial charge in [0.1, 0.15) is 6.54 Å². The first-order valence-electron chi connectivity index (χ1n) is 12.7. The van der Waals surface area contributed by atoms with Crippen molar-refractivity contribution in [2.24, 2.45) is 5.92 Å². The van der Waals surface area contributed by atoms with E-state index in [1.165, 1.54) is 37.2 Å². The van der Waals surface area contributed by atoms with Crippen molar-refractivity contribution in [2.75, 3.05) is 31.5 Å². The van der Waals surface area contributed by atoms with Crippen molar-refractivity contribution in [3.05, 3.63) is 102 Å². The van der Waals surface area contributed by atoms with Gasteiger partial charge in [-0.3, -0.25) is 5.32 Å². The van der Waals surface area contributed by atoms with Crippen LogP contribution in [0.1, 0.15) is 36.0 Å². The third kappa shape index (κ3) is 5.51. The molecule has 0 aromatic heterocycles. The lowest BCUT2D eigenvalue weighted by atomic mass is 9.83. The second-order valence-corrected chi connectivity index (χ2v) is 10.0. The van der Waals surface area contributed by atoms with Gasteiger partial charge in [-0.1, -0.05) is 78.9 Å². The fourth-order valence-corrected chi connectivity index (χ4v) is 5.82. The maximum absolute atomic E-state index is 12.9. The van der Waals surface area contributed by atoms with E-state index in [2.05, 4.69) is 53.8 Å². The van der Waals surface area contributed by atoms with Gasteiger partial charge >= 0.3 is 6.09 Å². The smallest absolute Gasteiger partial charge is 0.412 e. The predicted octanol–water partition coefficient (Wildman–Crippen LogP) is 6.07. The van der Waals surface area contributed by atoms with Gasteiger partial charge in [0.15, 0.2) is 6.10 Å². The number of piperidine rings is 3. The normalized spacial score (nSPS) is 23.4. The number of benzene rings is 3. The van der Waals surface area contributed by atoms with Gasteiger partial charge in [0.25, 0.3) is 0 Å². The van der Waals surface area contributed by atoms with Crippen LogP contribution in [0.5, 0.6) is 0 Å². The van der Waals surface area contributed by atoms with Gasteiger partial charge < -0.3 is 9.22 Å². The highest BCUT2D eigenvalue weighted by molar-refractivity contribution is 5.85. The van der Waals surface area contributed by atoms with E-state index in [-0.39, 0.29) is 12.2 Å². The number of anilines is 1. The van der Waals surface area contributed by atoms with Crippen LogP contribution in [0, 0.1) is 5.92 Å². The average Bonchev–Trinajstić information content (AvgIpc) is 2.87. The molecule has 176 valence electrons. The van der Waals surface area contributed by atoms with Gasteiger partial charge in [0.05, 0.1) is 19.6 Å². The number of quaternary nitrogens is 1. The van der Waals surface area contributed by atoms with Gasteiger partial charge in [0.2, 0.25) is 0 Å². The second-order valence-electron chi connectivity index (χ2n) is 10.0.